The number of Topliss-reactive ketones (excluding diaryl/α,β-unsaturated/α-hetero) is 1. The lowest BCUT2D eigenvalue weighted by Crippen LogP contribution is -2.47. The minimum absolute atomic E-state index is 0.268. The van der Waals surface area contributed by atoms with Crippen molar-refractivity contribution in [3.05, 3.63) is 0 Å². The molecule has 0 aromatic heterocycles. The van der Waals surface area contributed by atoms with E-state index in [4.69, 9.17) is 4.74 Å². The van der Waals surface area contributed by atoms with E-state index in [2.05, 4.69) is 13.8 Å². The van der Waals surface area contributed by atoms with Crippen LogP contribution in [-0.2, 0) is 9.53 Å². The van der Waals surface area contributed by atoms with Gasteiger partial charge in [-0.3, -0.25) is 4.79 Å². The van der Waals surface area contributed by atoms with E-state index in [0.717, 1.165) is 32.1 Å². The predicted octanol–water partition coefficient (Wildman–Crippen LogP) is 2.81. The Hall–Kier alpha value is -0.370. The first-order valence-electron chi connectivity index (χ1n) is 6.11. The van der Waals surface area contributed by atoms with Gasteiger partial charge >= 0.3 is 0 Å². The molecule has 2 saturated carbocycles. The summed E-state index contributed by atoms with van der Waals surface area (Å²) in [5.74, 6) is 1.77. The van der Waals surface area contributed by atoms with Crippen LogP contribution in [0, 0.1) is 17.3 Å². The fourth-order valence-electron chi connectivity index (χ4n) is 3.83. The van der Waals surface area contributed by atoms with Crippen molar-refractivity contribution in [2.75, 3.05) is 7.11 Å². The molecule has 0 aliphatic heterocycles. The van der Waals surface area contributed by atoms with Gasteiger partial charge in [-0.05, 0) is 36.5 Å². The zero-order chi connectivity index (χ0) is 11.1. The van der Waals surface area contributed by atoms with Crippen molar-refractivity contribution in [1.29, 1.82) is 0 Å². The lowest BCUT2D eigenvalue weighted by molar-refractivity contribution is -0.133. The molecule has 2 aliphatic carbocycles. The highest BCUT2D eigenvalue weighted by molar-refractivity contribution is 5.80. The lowest BCUT2D eigenvalue weighted by atomic mass is 9.56. The molecule has 86 valence electrons. The highest BCUT2D eigenvalue weighted by atomic mass is 16.5. The fraction of sp³-hybridized carbons (Fsp3) is 0.923. The van der Waals surface area contributed by atoms with E-state index in [-0.39, 0.29) is 5.41 Å². The molecule has 2 rings (SSSR count). The number of fused-ring (bicyclic) bond motifs is 1. The number of ketones is 1. The molecule has 2 aliphatic rings. The van der Waals surface area contributed by atoms with Gasteiger partial charge in [0.15, 0.2) is 0 Å². The average Bonchev–Trinajstić information content (AvgIpc) is 2.17. The second kappa shape index (κ2) is 3.89. The molecule has 0 amide bonds. The number of methoxy groups -OCH3 is 1. The molecule has 0 N–H and O–H groups in total. The number of rotatable bonds is 1. The lowest BCUT2D eigenvalue weighted by Gasteiger charge is -2.50. The average molecular weight is 210 g/mol. The van der Waals surface area contributed by atoms with Gasteiger partial charge in [0.05, 0.1) is 6.10 Å². The van der Waals surface area contributed by atoms with Crippen molar-refractivity contribution in [3.8, 4) is 0 Å². The minimum Gasteiger partial charge on any atom is -0.381 e. The van der Waals surface area contributed by atoms with E-state index in [1.165, 1.54) is 0 Å². The molecule has 4 atom stereocenters. The number of ether oxygens (including phenoxy) is 1. The Kier molecular flexibility index (Phi) is 2.89. The van der Waals surface area contributed by atoms with Crippen LogP contribution < -0.4 is 0 Å². The molecule has 0 spiro atoms. The van der Waals surface area contributed by atoms with Crippen LogP contribution in [0.3, 0.4) is 0 Å². The quantitative estimate of drug-likeness (QED) is 0.665. The summed E-state index contributed by atoms with van der Waals surface area (Å²) in [5.41, 5.74) is 0.268. The maximum Gasteiger partial charge on any atom is 0.133 e. The first-order valence-corrected chi connectivity index (χ1v) is 6.11. The fourth-order valence-corrected chi connectivity index (χ4v) is 3.83. The first-order chi connectivity index (χ1) is 7.07. The SMILES string of the molecule is COC1CC[C@]2(C)CC(=O)CC[C@H]2[C@@H]1C. The Morgan fingerprint density at radius 1 is 1.40 bits per heavy atom. The maximum absolute atomic E-state index is 11.5. The molecule has 2 nitrogen and oxygen atoms in total. The van der Waals surface area contributed by atoms with Crippen LogP contribution in [0.5, 0.6) is 0 Å². The van der Waals surface area contributed by atoms with Crippen LogP contribution in [0.15, 0.2) is 0 Å². The second-order valence-electron chi connectivity index (χ2n) is 5.69. The molecule has 0 bridgehead atoms. The summed E-state index contributed by atoms with van der Waals surface area (Å²) in [4.78, 5) is 11.5. The summed E-state index contributed by atoms with van der Waals surface area (Å²) >= 11 is 0. The summed E-state index contributed by atoms with van der Waals surface area (Å²) in [5, 5.41) is 0. The Labute approximate surface area is 92.4 Å². The topological polar surface area (TPSA) is 26.3 Å². The maximum atomic E-state index is 11.5. The summed E-state index contributed by atoms with van der Waals surface area (Å²) in [6, 6.07) is 0. The molecule has 15 heavy (non-hydrogen) atoms. The zero-order valence-electron chi connectivity index (χ0n) is 10.1. The van der Waals surface area contributed by atoms with E-state index < -0.39 is 0 Å². The molecular weight excluding hydrogens is 188 g/mol. The molecule has 0 radical (unpaired) electrons. The van der Waals surface area contributed by atoms with Gasteiger partial charge in [0, 0.05) is 20.0 Å². The van der Waals surface area contributed by atoms with E-state index in [1.807, 2.05) is 7.11 Å². The normalized spacial score (nSPS) is 46.3. The van der Waals surface area contributed by atoms with E-state index in [9.17, 15) is 4.79 Å². The molecule has 2 fully saturated rings. The second-order valence-corrected chi connectivity index (χ2v) is 5.69. The molecule has 1 unspecified atom stereocenters. The smallest absolute Gasteiger partial charge is 0.133 e. The van der Waals surface area contributed by atoms with Crippen molar-refractivity contribution >= 4 is 5.78 Å². The summed E-state index contributed by atoms with van der Waals surface area (Å²) in [7, 11) is 1.82. The molecule has 0 aromatic carbocycles. The monoisotopic (exact) mass is 210 g/mol. The predicted molar refractivity (Wildman–Crippen MR) is 59.7 cm³/mol. The highest BCUT2D eigenvalue weighted by Gasteiger charge is 2.47. The van der Waals surface area contributed by atoms with E-state index in [0.29, 0.717) is 23.7 Å². The zero-order valence-corrected chi connectivity index (χ0v) is 10.1. The Morgan fingerprint density at radius 2 is 2.13 bits per heavy atom. The van der Waals surface area contributed by atoms with Crippen LogP contribution in [0.4, 0.5) is 0 Å². The van der Waals surface area contributed by atoms with Gasteiger partial charge < -0.3 is 4.74 Å². The van der Waals surface area contributed by atoms with Crippen LogP contribution in [0.2, 0.25) is 0 Å². The molecule has 2 heteroatoms. The number of hydrogen-bond acceptors (Lipinski definition) is 2. The molecular formula is C13H22O2. The Morgan fingerprint density at radius 3 is 2.80 bits per heavy atom. The molecule has 0 heterocycles. The van der Waals surface area contributed by atoms with Crippen molar-refractivity contribution in [3.63, 3.8) is 0 Å². The van der Waals surface area contributed by atoms with Gasteiger partial charge in [-0.1, -0.05) is 13.8 Å². The number of carbonyl (C=O) groups is 1. The summed E-state index contributed by atoms with van der Waals surface area (Å²) < 4.78 is 5.54. The van der Waals surface area contributed by atoms with Gasteiger partial charge in [0.2, 0.25) is 0 Å². The number of carbonyl (C=O) groups excluding carboxylic acids is 1. The third-order valence-corrected chi connectivity index (χ3v) is 4.75. The first kappa shape index (κ1) is 11.1. The standard InChI is InChI=1S/C13H22O2/c1-9-11-5-4-10(14)8-13(11,2)7-6-12(9)15-3/h9,11-12H,4-8H2,1-3H3/t9-,11-,12?,13+/m0/s1. The van der Waals surface area contributed by atoms with Crippen molar-refractivity contribution in [2.24, 2.45) is 17.3 Å². The largest absolute Gasteiger partial charge is 0.381 e. The van der Waals surface area contributed by atoms with E-state index in [1.54, 1.807) is 0 Å². The Balaban J connectivity index is 2.16. The summed E-state index contributed by atoms with van der Waals surface area (Å²) in [6.07, 6.45) is 5.37. The van der Waals surface area contributed by atoms with E-state index >= 15 is 0 Å². The third kappa shape index (κ3) is 1.84. The van der Waals surface area contributed by atoms with Crippen LogP contribution in [-0.4, -0.2) is 19.0 Å². The van der Waals surface area contributed by atoms with Gasteiger partial charge in [-0.2, -0.15) is 0 Å². The summed E-state index contributed by atoms with van der Waals surface area (Å²) in [6.45, 7) is 4.60. The Bertz CT molecular complexity index is 261. The number of hydrogen-bond donors (Lipinski definition) is 0. The van der Waals surface area contributed by atoms with Gasteiger partial charge in [-0.25, -0.2) is 0 Å². The van der Waals surface area contributed by atoms with Crippen LogP contribution >= 0.6 is 0 Å². The van der Waals surface area contributed by atoms with Crippen LogP contribution in [0.25, 0.3) is 0 Å². The van der Waals surface area contributed by atoms with Crippen molar-refractivity contribution < 1.29 is 9.53 Å². The van der Waals surface area contributed by atoms with Crippen LogP contribution in [0.1, 0.15) is 46.0 Å². The third-order valence-electron chi connectivity index (χ3n) is 4.75. The van der Waals surface area contributed by atoms with Crippen molar-refractivity contribution in [1.82, 2.24) is 0 Å². The van der Waals surface area contributed by atoms with Gasteiger partial charge in [0.25, 0.3) is 0 Å². The highest BCUT2D eigenvalue weighted by Crippen LogP contribution is 2.51. The molecule has 0 saturated heterocycles. The minimum atomic E-state index is 0.268. The van der Waals surface area contributed by atoms with Gasteiger partial charge in [0.1, 0.15) is 5.78 Å². The van der Waals surface area contributed by atoms with Gasteiger partial charge in [-0.15, -0.1) is 0 Å². The molecule has 0 aromatic rings. The van der Waals surface area contributed by atoms with Crippen molar-refractivity contribution in [2.45, 2.75) is 52.1 Å².